The van der Waals surface area contributed by atoms with Crippen molar-refractivity contribution in [1.29, 1.82) is 0 Å². The van der Waals surface area contributed by atoms with Crippen molar-refractivity contribution in [3.8, 4) is 0 Å². The lowest BCUT2D eigenvalue weighted by molar-refractivity contribution is 0.0909. The fourth-order valence-electron chi connectivity index (χ4n) is 2.57. The van der Waals surface area contributed by atoms with E-state index >= 15 is 0 Å². The summed E-state index contributed by atoms with van der Waals surface area (Å²) in [6.45, 7) is 3.98. The Balaban J connectivity index is 1.69. The summed E-state index contributed by atoms with van der Waals surface area (Å²) in [6.07, 6.45) is 1.52. The Hall–Kier alpha value is -2.03. The molecule has 0 aliphatic heterocycles. The van der Waals surface area contributed by atoms with Gasteiger partial charge in [0.15, 0.2) is 0 Å². The Morgan fingerprint density at radius 2 is 1.81 bits per heavy atom. The van der Waals surface area contributed by atoms with Gasteiger partial charge in [0.1, 0.15) is 6.33 Å². The molecule has 0 fully saturated rings. The summed E-state index contributed by atoms with van der Waals surface area (Å²) >= 11 is 3.27. The number of aromatic nitrogens is 2. The molecule has 0 saturated carbocycles. The number of benzene rings is 2. The Labute approximate surface area is 160 Å². The van der Waals surface area contributed by atoms with Gasteiger partial charge < -0.3 is 0 Å². The van der Waals surface area contributed by atoms with Gasteiger partial charge >= 0.3 is 0 Å². The van der Waals surface area contributed by atoms with E-state index in [1.807, 2.05) is 26.0 Å². The Morgan fingerprint density at radius 1 is 1.15 bits per heavy atom. The van der Waals surface area contributed by atoms with E-state index in [1.165, 1.54) is 23.0 Å². The van der Waals surface area contributed by atoms with E-state index in [0.29, 0.717) is 0 Å². The van der Waals surface area contributed by atoms with Gasteiger partial charge in [-0.2, -0.15) is 0 Å². The number of aryl methyl sites for hydroxylation is 2. The van der Waals surface area contributed by atoms with Gasteiger partial charge in [0.25, 0.3) is 0 Å². The summed E-state index contributed by atoms with van der Waals surface area (Å²) in [5.41, 5.74) is 3.66. The first-order valence-corrected chi connectivity index (χ1v) is 10.3. The number of halogens is 1. The average molecular weight is 436 g/mol. The van der Waals surface area contributed by atoms with Crippen LogP contribution in [0.1, 0.15) is 22.3 Å². The zero-order valence-electron chi connectivity index (χ0n) is 14.4. The van der Waals surface area contributed by atoms with Crippen molar-refractivity contribution < 1.29 is 13.2 Å². The largest absolute Gasteiger partial charge is 0.274 e. The zero-order chi connectivity index (χ0) is 18.9. The first-order valence-electron chi connectivity index (χ1n) is 8.01. The SMILES string of the molecule is Cc1cc2ncn(C(=O)CCNS(=O)(=O)c3ccc(Br)cc3)c2cc1C. The lowest BCUT2D eigenvalue weighted by atomic mass is 10.1. The van der Waals surface area contributed by atoms with E-state index in [-0.39, 0.29) is 23.8 Å². The van der Waals surface area contributed by atoms with Gasteiger partial charge in [-0.3, -0.25) is 9.36 Å². The highest BCUT2D eigenvalue weighted by molar-refractivity contribution is 9.10. The molecule has 3 aromatic rings. The number of imidazole rings is 1. The van der Waals surface area contributed by atoms with E-state index in [0.717, 1.165) is 26.6 Å². The maximum atomic E-state index is 12.5. The highest BCUT2D eigenvalue weighted by atomic mass is 79.9. The number of rotatable bonds is 5. The lowest BCUT2D eigenvalue weighted by Gasteiger charge is -2.08. The van der Waals surface area contributed by atoms with E-state index < -0.39 is 10.0 Å². The van der Waals surface area contributed by atoms with Gasteiger partial charge in [-0.1, -0.05) is 15.9 Å². The molecule has 26 heavy (non-hydrogen) atoms. The monoisotopic (exact) mass is 435 g/mol. The topological polar surface area (TPSA) is 81.1 Å². The Kier molecular flexibility index (Phi) is 5.27. The molecule has 2 aromatic carbocycles. The number of nitrogens with one attached hydrogen (secondary N) is 1. The van der Waals surface area contributed by atoms with Crippen LogP contribution in [0.2, 0.25) is 0 Å². The molecule has 1 N–H and O–H groups in total. The van der Waals surface area contributed by atoms with Crippen molar-refractivity contribution in [2.24, 2.45) is 0 Å². The third kappa shape index (κ3) is 3.87. The fraction of sp³-hybridized carbons (Fsp3) is 0.222. The molecule has 0 saturated heterocycles. The number of nitrogens with zero attached hydrogens (tertiary/aromatic N) is 2. The predicted molar refractivity (Wildman–Crippen MR) is 104 cm³/mol. The second-order valence-corrected chi connectivity index (χ2v) is 8.72. The van der Waals surface area contributed by atoms with Gasteiger partial charge in [0.2, 0.25) is 15.9 Å². The van der Waals surface area contributed by atoms with Crippen LogP contribution in [-0.4, -0.2) is 30.4 Å². The summed E-state index contributed by atoms with van der Waals surface area (Å²) in [5, 5.41) is 0. The Morgan fingerprint density at radius 3 is 2.50 bits per heavy atom. The third-order valence-electron chi connectivity index (χ3n) is 4.19. The van der Waals surface area contributed by atoms with Crippen LogP contribution < -0.4 is 4.72 Å². The summed E-state index contributed by atoms with van der Waals surface area (Å²) < 4.78 is 29.2. The fourth-order valence-corrected chi connectivity index (χ4v) is 3.87. The van der Waals surface area contributed by atoms with Crippen molar-refractivity contribution in [3.05, 3.63) is 58.3 Å². The molecule has 136 valence electrons. The minimum Gasteiger partial charge on any atom is -0.274 e. The molecule has 0 spiro atoms. The number of hydrogen-bond donors (Lipinski definition) is 1. The number of carbonyl (C=O) groups excluding carboxylic acids is 1. The number of sulfonamides is 1. The third-order valence-corrected chi connectivity index (χ3v) is 6.19. The molecule has 0 bridgehead atoms. The van der Waals surface area contributed by atoms with Crippen LogP contribution in [0.5, 0.6) is 0 Å². The summed E-state index contributed by atoms with van der Waals surface area (Å²) in [6, 6.07) is 10.2. The van der Waals surface area contributed by atoms with Crippen LogP contribution in [0.15, 0.2) is 52.1 Å². The quantitative estimate of drug-likeness (QED) is 0.665. The van der Waals surface area contributed by atoms with Gasteiger partial charge in [0, 0.05) is 17.4 Å². The second-order valence-electron chi connectivity index (χ2n) is 6.04. The minimum absolute atomic E-state index is 0.0156. The molecule has 3 rings (SSSR count). The molecule has 0 aliphatic rings. The average Bonchev–Trinajstić information content (AvgIpc) is 2.98. The van der Waals surface area contributed by atoms with Crippen LogP contribution in [0.4, 0.5) is 0 Å². The summed E-state index contributed by atoms with van der Waals surface area (Å²) in [7, 11) is -3.64. The molecule has 6 nitrogen and oxygen atoms in total. The maximum Gasteiger partial charge on any atom is 0.240 e. The molecule has 1 heterocycles. The standard InChI is InChI=1S/C18H18BrN3O3S/c1-12-9-16-17(10-13(12)2)22(11-20-16)18(23)7-8-21-26(24,25)15-5-3-14(19)4-6-15/h3-6,9-11,21H,7-8H2,1-2H3. The van der Waals surface area contributed by atoms with Crippen LogP contribution in [0.3, 0.4) is 0 Å². The van der Waals surface area contributed by atoms with Crippen LogP contribution in [-0.2, 0) is 10.0 Å². The molecular formula is C18H18BrN3O3S. The molecule has 0 atom stereocenters. The molecule has 1 aromatic heterocycles. The number of fused-ring (bicyclic) bond motifs is 1. The van der Waals surface area contributed by atoms with Gasteiger partial charge in [-0.05, 0) is 61.4 Å². The van der Waals surface area contributed by atoms with Crippen LogP contribution >= 0.6 is 15.9 Å². The smallest absolute Gasteiger partial charge is 0.240 e. The minimum atomic E-state index is -3.64. The van der Waals surface area contributed by atoms with E-state index in [2.05, 4.69) is 25.6 Å². The second kappa shape index (κ2) is 7.30. The molecule has 8 heteroatoms. The summed E-state index contributed by atoms with van der Waals surface area (Å²) in [5.74, 6) is -0.214. The van der Waals surface area contributed by atoms with Crippen molar-refractivity contribution >= 4 is 42.9 Å². The first kappa shape index (κ1) is 18.8. The Bertz CT molecular complexity index is 1070. The van der Waals surface area contributed by atoms with Crippen molar-refractivity contribution in [2.45, 2.75) is 25.2 Å². The molecule has 0 amide bonds. The lowest BCUT2D eigenvalue weighted by Crippen LogP contribution is -2.27. The van der Waals surface area contributed by atoms with Gasteiger partial charge in [-0.25, -0.2) is 18.1 Å². The maximum absolute atomic E-state index is 12.5. The van der Waals surface area contributed by atoms with Gasteiger partial charge in [-0.15, -0.1) is 0 Å². The molecule has 0 radical (unpaired) electrons. The summed E-state index contributed by atoms with van der Waals surface area (Å²) in [4.78, 5) is 16.9. The molecule has 0 aliphatic carbocycles. The van der Waals surface area contributed by atoms with Crippen LogP contribution in [0, 0.1) is 13.8 Å². The van der Waals surface area contributed by atoms with E-state index in [9.17, 15) is 13.2 Å². The predicted octanol–water partition coefficient (Wildman–Crippen LogP) is 3.42. The van der Waals surface area contributed by atoms with Crippen molar-refractivity contribution in [2.75, 3.05) is 6.54 Å². The number of hydrogen-bond acceptors (Lipinski definition) is 4. The zero-order valence-corrected chi connectivity index (χ0v) is 16.8. The number of carbonyl (C=O) groups is 1. The normalized spacial score (nSPS) is 11.8. The van der Waals surface area contributed by atoms with E-state index in [1.54, 1.807) is 12.1 Å². The molecular weight excluding hydrogens is 418 g/mol. The first-order chi connectivity index (χ1) is 12.3. The van der Waals surface area contributed by atoms with Crippen molar-refractivity contribution in [1.82, 2.24) is 14.3 Å². The molecule has 0 unspecified atom stereocenters. The highest BCUT2D eigenvalue weighted by Crippen LogP contribution is 2.19. The van der Waals surface area contributed by atoms with Crippen molar-refractivity contribution in [3.63, 3.8) is 0 Å². The highest BCUT2D eigenvalue weighted by Gasteiger charge is 2.16. The van der Waals surface area contributed by atoms with E-state index in [4.69, 9.17) is 0 Å². The van der Waals surface area contributed by atoms with Gasteiger partial charge in [0.05, 0.1) is 15.9 Å². The van der Waals surface area contributed by atoms with Crippen LogP contribution in [0.25, 0.3) is 11.0 Å².